The predicted octanol–water partition coefficient (Wildman–Crippen LogP) is 3.75. The molecule has 2 heterocycles. The number of amides is 1. The highest BCUT2D eigenvalue weighted by atomic mass is 35.5. The molecule has 0 aliphatic carbocycles. The molecule has 0 aliphatic rings. The Morgan fingerprint density at radius 2 is 1.78 bits per heavy atom. The second kappa shape index (κ2) is 10.4. The predicted molar refractivity (Wildman–Crippen MR) is 130 cm³/mol. The first kappa shape index (κ1) is 25.8. The lowest BCUT2D eigenvalue weighted by Gasteiger charge is -2.13. The van der Waals surface area contributed by atoms with Crippen LogP contribution in [-0.2, 0) is 19.3 Å². The number of benzene rings is 2. The summed E-state index contributed by atoms with van der Waals surface area (Å²) in [6.45, 7) is 1.41. The summed E-state index contributed by atoms with van der Waals surface area (Å²) in [6, 6.07) is 12.0. The summed E-state index contributed by atoms with van der Waals surface area (Å²) in [5, 5.41) is 6.91. The van der Waals surface area contributed by atoms with Gasteiger partial charge in [-0.15, -0.1) is 0 Å². The van der Waals surface area contributed by atoms with Gasteiger partial charge >= 0.3 is 11.9 Å². The molecule has 1 N–H and O–H groups in total. The number of nitrogens with zero attached hydrogens (tertiary/aromatic N) is 4. The van der Waals surface area contributed by atoms with Gasteiger partial charge in [-0.2, -0.15) is 23.0 Å². The molecule has 0 saturated carbocycles. The van der Waals surface area contributed by atoms with E-state index in [9.17, 15) is 27.6 Å². The van der Waals surface area contributed by atoms with Crippen molar-refractivity contribution in [1.29, 1.82) is 0 Å². The molecule has 0 fully saturated rings. The number of hydrogen-bond acceptors (Lipinski definition) is 5. The molecule has 0 saturated heterocycles. The summed E-state index contributed by atoms with van der Waals surface area (Å²) >= 11 is 6.20. The van der Waals surface area contributed by atoms with Gasteiger partial charge in [-0.3, -0.25) is 19.1 Å². The van der Waals surface area contributed by atoms with E-state index in [-0.39, 0.29) is 24.3 Å². The van der Waals surface area contributed by atoms with Gasteiger partial charge < -0.3 is 5.32 Å². The zero-order valence-corrected chi connectivity index (χ0v) is 20.0. The van der Waals surface area contributed by atoms with Crippen molar-refractivity contribution in [3.05, 3.63) is 121 Å². The van der Waals surface area contributed by atoms with E-state index in [0.717, 1.165) is 39.1 Å². The van der Waals surface area contributed by atoms with E-state index >= 15 is 0 Å². The maximum Gasteiger partial charge on any atom is 0.416 e. The molecule has 190 valence electrons. The van der Waals surface area contributed by atoms with Gasteiger partial charge in [0.05, 0.1) is 17.8 Å². The number of alkyl halides is 3. The van der Waals surface area contributed by atoms with Crippen molar-refractivity contribution in [2.24, 2.45) is 0 Å². The van der Waals surface area contributed by atoms with Crippen molar-refractivity contribution in [3.63, 3.8) is 0 Å². The third-order valence-corrected chi connectivity index (χ3v) is 5.88. The van der Waals surface area contributed by atoms with Crippen LogP contribution in [0, 0.1) is 6.92 Å². The van der Waals surface area contributed by atoms with Gasteiger partial charge in [-0.05, 0) is 53.9 Å². The van der Waals surface area contributed by atoms with Crippen LogP contribution in [0.5, 0.6) is 0 Å². The van der Waals surface area contributed by atoms with Gasteiger partial charge in [-0.1, -0.05) is 35.9 Å². The van der Waals surface area contributed by atoms with Gasteiger partial charge in [0.1, 0.15) is 0 Å². The van der Waals surface area contributed by atoms with E-state index in [1.165, 1.54) is 12.3 Å². The smallest absolute Gasteiger partial charge is 0.346 e. The van der Waals surface area contributed by atoms with E-state index in [1.54, 1.807) is 37.4 Å². The van der Waals surface area contributed by atoms with Crippen LogP contribution in [0.25, 0.3) is 5.69 Å². The van der Waals surface area contributed by atoms with Crippen LogP contribution in [0.15, 0.2) is 76.6 Å². The number of pyridine rings is 1. The van der Waals surface area contributed by atoms with Crippen LogP contribution in [0.1, 0.15) is 32.7 Å². The third-order valence-electron chi connectivity index (χ3n) is 5.47. The summed E-state index contributed by atoms with van der Waals surface area (Å²) in [7, 11) is 0. The first-order valence-corrected chi connectivity index (χ1v) is 11.3. The number of halogens is 4. The Bertz CT molecular complexity index is 1570. The fourth-order valence-electron chi connectivity index (χ4n) is 3.43. The Morgan fingerprint density at radius 3 is 2.41 bits per heavy atom. The average Bonchev–Trinajstić information content (AvgIpc) is 2.87. The van der Waals surface area contributed by atoms with E-state index in [2.05, 4.69) is 15.4 Å². The fourth-order valence-corrected chi connectivity index (χ4v) is 3.60. The molecular weight excluding hydrogens is 511 g/mol. The first-order chi connectivity index (χ1) is 17.5. The minimum Gasteiger partial charge on any atom is -0.346 e. The number of aromatic nitrogens is 4. The highest BCUT2D eigenvalue weighted by Gasteiger charge is 2.30. The minimum atomic E-state index is -4.54. The molecular formula is C25H19ClF3N5O3. The Balaban J connectivity index is 1.78. The van der Waals surface area contributed by atoms with Crippen molar-refractivity contribution in [2.45, 2.75) is 26.2 Å². The van der Waals surface area contributed by atoms with Crippen molar-refractivity contribution in [1.82, 2.24) is 24.6 Å². The number of carbonyl (C=O) groups excluding carboxylic acids is 1. The number of carbonyl (C=O) groups is 1. The highest BCUT2D eigenvalue weighted by Crippen LogP contribution is 2.29. The summed E-state index contributed by atoms with van der Waals surface area (Å²) in [4.78, 5) is 43.4. The van der Waals surface area contributed by atoms with Crippen LogP contribution in [0.2, 0.25) is 5.02 Å². The first-order valence-electron chi connectivity index (χ1n) is 10.9. The summed E-state index contributed by atoms with van der Waals surface area (Å²) in [5.74, 6) is -0.845. The van der Waals surface area contributed by atoms with Crippen molar-refractivity contribution >= 4 is 17.5 Å². The van der Waals surface area contributed by atoms with Crippen molar-refractivity contribution in [3.8, 4) is 5.69 Å². The van der Waals surface area contributed by atoms with Gasteiger partial charge in [0.2, 0.25) is 5.69 Å². The standard InChI is InChI=1S/C25H19ClF3N5O3/c1-15-4-9-19(11-20(15)26)34-24(37)33(14-16-5-7-18(8-6-16)25(27,28)29)23(36)21(32-34)22(35)31-13-17-3-2-10-30-12-17/h2-12H,13-14H2,1H3,(H,31,35). The van der Waals surface area contributed by atoms with Gasteiger partial charge in [0.15, 0.2) is 0 Å². The Labute approximate surface area is 213 Å². The molecule has 8 nitrogen and oxygen atoms in total. The summed E-state index contributed by atoms with van der Waals surface area (Å²) in [6.07, 6.45) is -1.44. The van der Waals surface area contributed by atoms with Gasteiger partial charge in [0, 0.05) is 24.0 Å². The second-order valence-corrected chi connectivity index (χ2v) is 8.51. The average molecular weight is 530 g/mol. The van der Waals surface area contributed by atoms with Crippen LogP contribution < -0.4 is 16.6 Å². The molecule has 1 amide bonds. The second-order valence-electron chi connectivity index (χ2n) is 8.11. The van der Waals surface area contributed by atoms with Crippen LogP contribution >= 0.6 is 11.6 Å². The Hall–Kier alpha value is -4.25. The lowest BCUT2D eigenvalue weighted by Crippen LogP contribution is -2.46. The monoisotopic (exact) mass is 529 g/mol. The molecule has 0 spiro atoms. The van der Waals surface area contributed by atoms with E-state index in [4.69, 9.17) is 11.6 Å². The quantitative estimate of drug-likeness (QED) is 0.410. The largest absolute Gasteiger partial charge is 0.416 e. The van der Waals surface area contributed by atoms with Crippen LogP contribution in [0.3, 0.4) is 0 Å². The maximum atomic E-state index is 13.3. The van der Waals surface area contributed by atoms with Gasteiger partial charge in [0.25, 0.3) is 11.5 Å². The molecule has 2 aromatic carbocycles. The SMILES string of the molecule is Cc1ccc(-n2nc(C(=O)NCc3cccnc3)c(=O)n(Cc3ccc(C(F)(F)F)cc3)c2=O)cc1Cl. The van der Waals surface area contributed by atoms with Crippen molar-refractivity contribution in [2.75, 3.05) is 0 Å². The number of aryl methyl sites for hydroxylation is 1. The molecule has 2 aromatic heterocycles. The minimum absolute atomic E-state index is 0.0438. The topological polar surface area (TPSA) is 98.9 Å². The van der Waals surface area contributed by atoms with E-state index < -0.39 is 34.6 Å². The van der Waals surface area contributed by atoms with Crippen molar-refractivity contribution < 1.29 is 18.0 Å². The highest BCUT2D eigenvalue weighted by molar-refractivity contribution is 6.31. The molecule has 12 heteroatoms. The molecule has 0 aliphatic heterocycles. The molecule has 0 unspecified atom stereocenters. The molecule has 0 atom stereocenters. The summed E-state index contributed by atoms with van der Waals surface area (Å²) < 4.78 is 40.4. The summed E-state index contributed by atoms with van der Waals surface area (Å²) in [5.41, 5.74) is -1.51. The van der Waals surface area contributed by atoms with Crippen LogP contribution in [0.4, 0.5) is 13.2 Å². The zero-order valence-electron chi connectivity index (χ0n) is 19.3. The van der Waals surface area contributed by atoms with E-state index in [0.29, 0.717) is 10.6 Å². The van der Waals surface area contributed by atoms with E-state index in [1.807, 2.05) is 0 Å². The molecule has 0 bridgehead atoms. The lowest BCUT2D eigenvalue weighted by atomic mass is 10.1. The lowest BCUT2D eigenvalue weighted by molar-refractivity contribution is -0.137. The maximum absolute atomic E-state index is 13.3. The molecule has 4 aromatic rings. The number of rotatable bonds is 6. The number of hydrogen-bond donors (Lipinski definition) is 1. The Kier molecular flexibility index (Phi) is 7.25. The third kappa shape index (κ3) is 5.78. The molecule has 4 rings (SSSR count). The normalized spacial score (nSPS) is 11.4. The fraction of sp³-hybridized carbons (Fsp3) is 0.160. The number of nitrogens with one attached hydrogen (secondary N) is 1. The van der Waals surface area contributed by atoms with Crippen LogP contribution in [-0.4, -0.2) is 25.2 Å². The zero-order chi connectivity index (χ0) is 26.7. The molecule has 0 radical (unpaired) electrons. The Morgan fingerprint density at radius 1 is 1.05 bits per heavy atom. The van der Waals surface area contributed by atoms with Gasteiger partial charge in [-0.25, -0.2) is 4.79 Å². The molecule has 37 heavy (non-hydrogen) atoms.